The lowest BCUT2D eigenvalue weighted by molar-refractivity contribution is -0.384. The second-order valence-electron chi connectivity index (χ2n) is 7.79. The molecule has 1 aliphatic heterocycles. The monoisotopic (exact) mass is 460 g/mol. The van der Waals surface area contributed by atoms with E-state index in [4.69, 9.17) is 16.7 Å². The molecule has 0 saturated carbocycles. The number of hydrazone groups is 1. The predicted molar refractivity (Wildman–Crippen MR) is 127 cm³/mol. The van der Waals surface area contributed by atoms with Crippen molar-refractivity contribution in [3.8, 4) is 0 Å². The molecular weight excluding hydrogens is 436 g/mol. The minimum absolute atomic E-state index is 0.0178. The fourth-order valence-electron chi connectivity index (χ4n) is 3.72. The van der Waals surface area contributed by atoms with Crippen LogP contribution in [0.4, 0.5) is 11.4 Å². The molecule has 164 valence electrons. The third-order valence-corrected chi connectivity index (χ3v) is 6.18. The Morgan fingerprint density at radius 3 is 2.55 bits per heavy atom. The van der Waals surface area contributed by atoms with Crippen LogP contribution in [0.15, 0.2) is 53.6 Å². The van der Waals surface area contributed by atoms with Crippen molar-refractivity contribution in [1.82, 2.24) is 5.01 Å². The molecule has 0 fully saturated rings. The normalized spacial score (nSPS) is 18.0. The summed E-state index contributed by atoms with van der Waals surface area (Å²) in [6.07, 6.45) is 4.13. The molecule has 1 aliphatic rings. The van der Waals surface area contributed by atoms with Crippen molar-refractivity contribution >= 4 is 46.4 Å². The largest absolute Gasteiger partial charge is 0.324 e. The summed E-state index contributed by atoms with van der Waals surface area (Å²) in [4.78, 5) is 22.9. The highest BCUT2D eigenvalue weighted by Crippen LogP contribution is 2.36. The number of nitrogens with one attached hydrogen (secondary N) is 1. The van der Waals surface area contributed by atoms with Crippen molar-refractivity contribution in [2.24, 2.45) is 10.5 Å². The van der Waals surface area contributed by atoms with E-state index in [2.05, 4.69) is 18.5 Å². The maximum Gasteiger partial charge on any atom is 0.269 e. The average Bonchev–Trinajstić information content (AvgIpc) is 3.05. The molecule has 1 N–H and O–H groups in total. The van der Waals surface area contributed by atoms with E-state index in [1.807, 2.05) is 36.0 Å². The van der Waals surface area contributed by atoms with Gasteiger partial charge in [0.1, 0.15) is 6.54 Å². The number of nitro benzene ring substituents is 1. The minimum atomic E-state index is -0.472. The number of anilines is 1. The number of hydrogen-bond acceptors (Lipinski definition) is 6. The summed E-state index contributed by atoms with van der Waals surface area (Å²) >= 11 is 7.87. The number of benzene rings is 2. The van der Waals surface area contributed by atoms with Crippen LogP contribution in [0.2, 0.25) is 5.02 Å². The maximum atomic E-state index is 12.6. The highest BCUT2D eigenvalue weighted by atomic mass is 35.5. The summed E-state index contributed by atoms with van der Waals surface area (Å²) in [7, 11) is 0. The van der Waals surface area contributed by atoms with Crippen molar-refractivity contribution in [2.75, 3.05) is 30.4 Å². The molecule has 31 heavy (non-hydrogen) atoms. The zero-order chi connectivity index (χ0) is 22.4. The van der Waals surface area contributed by atoms with Crippen molar-refractivity contribution in [1.29, 1.82) is 0 Å². The molecular formula is C22H25ClN4O3S. The first-order valence-corrected chi connectivity index (χ1v) is 11.7. The topological polar surface area (TPSA) is 87.8 Å². The van der Waals surface area contributed by atoms with E-state index in [1.165, 1.54) is 24.3 Å². The van der Waals surface area contributed by atoms with E-state index in [9.17, 15) is 14.9 Å². The highest BCUT2D eigenvalue weighted by molar-refractivity contribution is 7.98. The summed E-state index contributed by atoms with van der Waals surface area (Å²) in [5.41, 5.74) is 2.30. The van der Waals surface area contributed by atoms with Gasteiger partial charge in [0.25, 0.3) is 5.69 Å². The number of thioether (sulfide) groups is 1. The molecule has 0 aromatic heterocycles. The molecule has 1 amide bonds. The van der Waals surface area contributed by atoms with Gasteiger partial charge in [0.05, 0.1) is 10.6 Å². The number of carbonyl (C=O) groups is 1. The van der Waals surface area contributed by atoms with E-state index >= 15 is 0 Å². The lowest BCUT2D eigenvalue weighted by atomic mass is 9.78. The Morgan fingerprint density at radius 2 is 1.94 bits per heavy atom. The molecule has 0 aliphatic carbocycles. The number of nitrogens with zero attached hydrogens (tertiary/aromatic N) is 3. The highest BCUT2D eigenvalue weighted by Gasteiger charge is 2.39. The van der Waals surface area contributed by atoms with Gasteiger partial charge in [-0.2, -0.15) is 16.9 Å². The predicted octanol–water partition coefficient (Wildman–Crippen LogP) is 5.06. The zero-order valence-corrected chi connectivity index (χ0v) is 19.1. The second kappa shape index (κ2) is 10.2. The number of amides is 1. The van der Waals surface area contributed by atoms with Gasteiger partial charge in [-0.05, 0) is 54.7 Å². The molecule has 3 rings (SSSR count). The van der Waals surface area contributed by atoms with E-state index in [0.717, 1.165) is 29.9 Å². The molecule has 1 unspecified atom stereocenters. The number of halogens is 1. The molecule has 1 atom stereocenters. The van der Waals surface area contributed by atoms with Crippen LogP contribution in [0.3, 0.4) is 0 Å². The number of nitro groups is 1. The van der Waals surface area contributed by atoms with E-state index in [1.54, 1.807) is 5.01 Å². The van der Waals surface area contributed by atoms with E-state index in [0.29, 0.717) is 17.3 Å². The SMILES string of the molecule is CSCCCC1(C)CN(CC(=O)Nc2ccc([N+](=O)[O-])cc2)N=C1c1ccc(Cl)cc1. The number of rotatable bonds is 9. The molecule has 0 radical (unpaired) electrons. The third kappa shape index (κ3) is 5.98. The Kier molecular flexibility index (Phi) is 7.56. The summed E-state index contributed by atoms with van der Waals surface area (Å²) in [5, 5.41) is 20.8. The summed E-state index contributed by atoms with van der Waals surface area (Å²) in [5.74, 6) is 0.853. The molecule has 9 heteroatoms. The first-order chi connectivity index (χ1) is 14.8. The molecule has 7 nitrogen and oxygen atoms in total. The molecule has 1 heterocycles. The van der Waals surface area contributed by atoms with Crippen molar-refractivity contribution in [2.45, 2.75) is 19.8 Å². The Balaban J connectivity index is 1.72. The fourth-order valence-corrected chi connectivity index (χ4v) is 4.28. The van der Waals surface area contributed by atoms with Crippen molar-refractivity contribution in [3.05, 3.63) is 69.2 Å². The van der Waals surface area contributed by atoms with Gasteiger partial charge in [-0.15, -0.1) is 0 Å². The van der Waals surface area contributed by atoms with Crippen LogP contribution in [0.5, 0.6) is 0 Å². The fraction of sp³-hybridized carbons (Fsp3) is 0.364. The Bertz CT molecular complexity index is 966. The third-order valence-electron chi connectivity index (χ3n) is 5.23. The minimum Gasteiger partial charge on any atom is -0.324 e. The van der Waals surface area contributed by atoms with E-state index in [-0.39, 0.29) is 23.6 Å². The smallest absolute Gasteiger partial charge is 0.269 e. The van der Waals surface area contributed by atoms with Crippen LogP contribution in [-0.4, -0.2) is 46.6 Å². The quantitative estimate of drug-likeness (QED) is 0.321. The van der Waals surface area contributed by atoms with Gasteiger partial charge in [0.15, 0.2) is 0 Å². The number of non-ortho nitro benzene ring substituents is 1. The second-order valence-corrected chi connectivity index (χ2v) is 9.21. The van der Waals surface area contributed by atoms with Crippen LogP contribution in [0, 0.1) is 15.5 Å². The lowest BCUT2D eigenvalue weighted by Gasteiger charge is -2.26. The van der Waals surface area contributed by atoms with Crippen molar-refractivity contribution in [3.63, 3.8) is 0 Å². The van der Waals surface area contributed by atoms with Crippen LogP contribution in [0.1, 0.15) is 25.3 Å². The first kappa shape index (κ1) is 23.1. The Hall–Kier alpha value is -2.58. The van der Waals surface area contributed by atoms with Gasteiger partial charge in [-0.1, -0.05) is 30.7 Å². The van der Waals surface area contributed by atoms with Gasteiger partial charge in [-0.25, -0.2) is 0 Å². The molecule has 2 aromatic rings. The van der Waals surface area contributed by atoms with Crippen LogP contribution >= 0.6 is 23.4 Å². The van der Waals surface area contributed by atoms with Crippen molar-refractivity contribution < 1.29 is 9.72 Å². The molecule has 2 aromatic carbocycles. The zero-order valence-electron chi connectivity index (χ0n) is 17.5. The van der Waals surface area contributed by atoms with Gasteiger partial charge >= 0.3 is 0 Å². The maximum absolute atomic E-state index is 12.6. The van der Waals surface area contributed by atoms with Gasteiger partial charge in [0, 0.05) is 34.8 Å². The Morgan fingerprint density at radius 1 is 1.26 bits per heavy atom. The molecule has 0 bridgehead atoms. The van der Waals surface area contributed by atoms with Gasteiger partial charge < -0.3 is 5.32 Å². The van der Waals surface area contributed by atoms with Crippen LogP contribution in [0.25, 0.3) is 0 Å². The molecule has 0 saturated heterocycles. The summed E-state index contributed by atoms with van der Waals surface area (Å²) < 4.78 is 0. The first-order valence-electron chi connectivity index (χ1n) is 9.94. The van der Waals surface area contributed by atoms with Crippen LogP contribution < -0.4 is 5.32 Å². The lowest BCUT2D eigenvalue weighted by Crippen LogP contribution is -2.34. The van der Waals surface area contributed by atoms with E-state index < -0.39 is 4.92 Å². The Labute approximate surface area is 191 Å². The number of carbonyl (C=O) groups excluding carboxylic acids is 1. The van der Waals surface area contributed by atoms with Crippen LogP contribution in [-0.2, 0) is 4.79 Å². The van der Waals surface area contributed by atoms with Gasteiger partial charge in [-0.3, -0.25) is 19.9 Å². The standard InChI is InChI=1S/C22H25ClN4O3S/c1-22(12-3-13-31-2)15-26(25-21(22)16-4-6-17(23)7-5-16)14-20(28)24-18-8-10-19(11-9-18)27(29)30/h4-11H,3,12-15H2,1-2H3,(H,24,28). The summed E-state index contributed by atoms with van der Waals surface area (Å²) in [6.45, 7) is 2.94. The average molecular weight is 461 g/mol. The van der Waals surface area contributed by atoms with Gasteiger partial charge in [0.2, 0.25) is 5.91 Å². The summed E-state index contributed by atoms with van der Waals surface area (Å²) in [6, 6.07) is 13.4. The number of hydrogen-bond donors (Lipinski definition) is 1. The molecule has 0 spiro atoms.